The lowest BCUT2D eigenvalue weighted by Gasteiger charge is -2.08. The Morgan fingerprint density at radius 3 is 2.50 bits per heavy atom. The van der Waals surface area contributed by atoms with Crippen molar-refractivity contribution in [2.45, 2.75) is 0 Å². The number of nitrogens with zero attached hydrogens (tertiary/aromatic N) is 1. The van der Waals surface area contributed by atoms with Crippen LogP contribution >= 0.6 is 23.2 Å². The van der Waals surface area contributed by atoms with Crippen LogP contribution in [0.25, 0.3) is 0 Å². The van der Waals surface area contributed by atoms with E-state index in [0.29, 0.717) is 32.6 Å². The lowest BCUT2D eigenvalue weighted by molar-refractivity contribution is -0.118. The Hall–Kier alpha value is -3.35. The van der Waals surface area contributed by atoms with Crippen LogP contribution in [0.4, 0.5) is 5.69 Å². The van der Waals surface area contributed by atoms with Crippen LogP contribution in [0, 0.1) is 0 Å². The molecule has 8 heteroatoms. The fourth-order valence-electron chi connectivity index (χ4n) is 2.42. The predicted octanol–water partition coefficient (Wildman–Crippen LogP) is 4.77. The minimum atomic E-state index is -0.345. The van der Waals surface area contributed by atoms with Crippen molar-refractivity contribution in [3.8, 4) is 5.75 Å². The maximum atomic E-state index is 12.1. The van der Waals surface area contributed by atoms with E-state index >= 15 is 0 Å². The zero-order chi connectivity index (χ0) is 21.3. The number of rotatable bonds is 7. The van der Waals surface area contributed by atoms with Gasteiger partial charge in [-0.25, -0.2) is 5.43 Å². The highest BCUT2D eigenvalue weighted by atomic mass is 35.5. The second-order valence-electron chi connectivity index (χ2n) is 6.10. The van der Waals surface area contributed by atoms with E-state index in [1.807, 2.05) is 6.07 Å². The first kappa shape index (κ1) is 21.4. The van der Waals surface area contributed by atoms with Crippen molar-refractivity contribution < 1.29 is 14.3 Å². The van der Waals surface area contributed by atoms with Crippen LogP contribution < -0.4 is 15.5 Å². The average Bonchev–Trinajstić information content (AvgIpc) is 2.76. The Bertz CT molecular complexity index is 1070. The van der Waals surface area contributed by atoms with Crippen molar-refractivity contribution in [1.82, 2.24) is 5.43 Å². The van der Waals surface area contributed by atoms with Gasteiger partial charge in [0.25, 0.3) is 11.8 Å². The van der Waals surface area contributed by atoms with Gasteiger partial charge in [0.05, 0.1) is 16.3 Å². The summed E-state index contributed by atoms with van der Waals surface area (Å²) in [7, 11) is 0. The zero-order valence-corrected chi connectivity index (χ0v) is 17.2. The minimum absolute atomic E-state index is 0.189. The molecule has 0 saturated carbocycles. The van der Waals surface area contributed by atoms with Crippen molar-refractivity contribution in [2.75, 3.05) is 11.9 Å². The second-order valence-corrected chi connectivity index (χ2v) is 6.92. The van der Waals surface area contributed by atoms with Crippen molar-refractivity contribution in [1.29, 1.82) is 0 Å². The highest BCUT2D eigenvalue weighted by Crippen LogP contribution is 2.25. The van der Waals surface area contributed by atoms with Crippen molar-refractivity contribution >= 4 is 46.9 Å². The Kier molecular flexibility index (Phi) is 7.43. The standard InChI is InChI=1S/C22H17Cl2N3O3/c23-19-10-9-17(12-20(19)24)26-21(28)14-30-18-8-4-5-15(11-18)13-25-27-22(29)16-6-2-1-3-7-16/h1-13H,14H2,(H,26,28)(H,27,29)/b25-13+. The molecular weight excluding hydrogens is 425 g/mol. The van der Waals surface area contributed by atoms with E-state index in [1.165, 1.54) is 6.21 Å². The molecule has 2 N–H and O–H groups in total. The Balaban J connectivity index is 1.51. The van der Waals surface area contributed by atoms with E-state index in [-0.39, 0.29) is 18.4 Å². The number of carbonyl (C=O) groups is 2. The van der Waals surface area contributed by atoms with E-state index in [9.17, 15) is 9.59 Å². The quantitative estimate of drug-likeness (QED) is 0.409. The van der Waals surface area contributed by atoms with E-state index in [0.717, 1.165) is 0 Å². The molecule has 0 unspecified atom stereocenters. The lowest BCUT2D eigenvalue weighted by Crippen LogP contribution is -2.20. The summed E-state index contributed by atoms with van der Waals surface area (Å²) >= 11 is 11.8. The molecule has 0 fully saturated rings. The van der Waals surface area contributed by atoms with Gasteiger partial charge in [-0.15, -0.1) is 0 Å². The number of anilines is 1. The summed E-state index contributed by atoms with van der Waals surface area (Å²) in [5, 5.41) is 7.37. The highest BCUT2D eigenvalue weighted by molar-refractivity contribution is 6.42. The van der Waals surface area contributed by atoms with E-state index < -0.39 is 0 Å². The molecule has 2 amide bonds. The summed E-state index contributed by atoms with van der Waals surface area (Å²) in [4.78, 5) is 24.0. The zero-order valence-electron chi connectivity index (χ0n) is 15.6. The molecule has 0 heterocycles. The number of benzene rings is 3. The monoisotopic (exact) mass is 441 g/mol. The second kappa shape index (κ2) is 10.4. The summed E-state index contributed by atoms with van der Waals surface area (Å²) in [5.41, 5.74) is 4.19. The molecule has 3 rings (SSSR count). The van der Waals surface area contributed by atoms with Gasteiger partial charge >= 0.3 is 0 Å². The molecule has 0 aromatic heterocycles. The largest absolute Gasteiger partial charge is 0.484 e. The van der Waals surface area contributed by atoms with E-state index in [1.54, 1.807) is 66.7 Å². The van der Waals surface area contributed by atoms with Crippen LogP contribution in [-0.2, 0) is 4.79 Å². The summed E-state index contributed by atoms with van der Waals surface area (Å²) in [6, 6.07) is 20.5. The van der Waals surface area contributed by atoms with Crippen LogP contribution in [0.5, 0.6) is 5.75 Å². The van der Waals surface area contributed by atoms with E-state index in [2.05, 4.69) is 15.8 Å². The molecule has 3 aromatic rings. The third-order valence-electron chi connectivity index (χ3n) is 3.85. The van der Waals surface area contributed by atoms with Crippen LogP contribution in [0.2, 0.25) is 10.0 Å². The molecular formula is C22H17Cl2N3O3. The van der Waals surface area contributed by atoms with Gasteiger partial charge in [-0.1, -0.05) is 53.5 Å². The summed E-state index contributed by atoms with van der Waals surface area (Å²) in [5.74, 6) is -0.168. The summed E-state index contributed by atoms with van der Waals surface area (Å²) in [6.45, 7) is -0.189. The Morgan fingerprint density at radius 1 is 0.933 bits per heavy atom. The first-order valence-electron chi connectivity index (χ1n) is 8.87. The average molecular weight is 442 g/mol. The normalized spacial score (nSPS) is 10.6. The van der Waals surface area contributed by atoms with Crippen LogP contribution in [0.3, 0.4) is 0 Å². The molecule has 30 heavy (non-hydrogen) atoms. The first-order chi connectivity index (χ1) is 14.5. The number of ether oxygens (including phenoxy) is 1. The molecule has 6 nitrogen and oxygen atoms in total. The highest BCUT2D eigenvalue weighted by Gasteiger charge is 2.06. The molecule has 0 aliphatic heterocycles. The lowest BCUT2D eigenvalue weighted by atomic mass is 10.2. The third kappa shape index (κ3) is 6.34. The van der Waals surface area contributed by atoms with E-state index in [4.69, 9.17) is 27.9 Å². The molecule has 3 aromatic carbocycles. The number of amides is 2. The number of nitrogens with one attached hydrogen (secondary N) is 2. The van der Waals surface area contributed by atoms with Crippen molar-refractivity contribution in [3.63, 3.8) is 0 Å². The minimum Gasteiger partial charge on any atom is -0.484 e. The fraction of sp³-hybridized carbons (Fsp3) is 0.0455. The van der Waals surface area contributed by atoms with Crippen molar-refractivity contribution in [2.24, 2.45) is 5.10 Å². The van der Waals surface area contributed by atoms with Crippen LogP contribution in [-0.4, -0.2) is 24.6 Å². The van der Waals surface area contributed by atoms with Gasteiger partial charge in [-0.2, -0.15) is 5.10 Å². The molecule has 152 valence electrons. The Morgan fingerprint density at radius 2 is 1.73 bits per heavy atom. The topological polar surface area (TPSA) is 79.8 Å². The molecule has 0 aliphatic rings. The van der Waals surface area contributed by atoms with Gasteiger partial charge in [-0.05, 0) is 48.0 Å². The third-order valence-corrected chi connectivity index (χ3v) is 4.59. The summed E-state index contributed by atoms with van der Waals surface area (Å²) in [6.07, 6.45) is 1.49. The SMILES string of the molecule is O=C(COc1cccc(/C=N/NC(=O)c2ccccc2)c1)Nc1ccc(Cl)c(Cl)c1. The van der Waals surface area contributed by atoms with Crippen molar-refractivity contribution in [3.05, 3.63) is 94.0 Å². The molecule has 0 bridgehead atoms. The maximum Gasteiger partial charge on any atom is 0.271 e. The fourth-order valence-corrected chi connectivity index (χ4v) is 2.72. The van der Waals surface area contributed by atoms with Gasteiger partial charge in [0.2, 0.25) is 0 Å². The maximum absolute atomic E-state index is 12.1. The van der Waals surface area contributed by atoms with Gasteiger partial charge in [0.15, 0.2) is 6.61 Å². The Labute approximate surface area is 183 Å². The summed E-state index contributed by atoms with van der Waals surface area (Å²) < 4.78 is 5.51. The van der Waals surface area contributed by atoms with Gasteiger partial charge in [0, 0.05) is 11.3 Å². The smallest absolute Gasteiger partial charge is 0.271 e. The van der Waals surface area contributed by atoms with Crippen LogP contribution in [0.15, 0.2) is 77.9 Å². The molecule has 0 spiro atoms. The number of hydrogen-bond donors (Lipinski definition) is 2. The molecule has 0 saturated heterocycles. The number of halogens is 2. The number of carbonyl (C=O) groups excluding carboxylic acids is 2. The number of hydrazone groups is 1. The van der Waals surface area contributed by atoms with Crippen LogP contribution in [0.1, 0.15) is 15.9 Å². The molecule has 0 atom stereocenters. The predicted molar refractivity (Wildman–Crippen MR) is 119 cm³/mol. The molecule has 0 radical (unpaired) electrons. The first-order valence-corrected chi connectivity index (χ1v) is 9.63. The van der Waals surface area contributed by atoms with Gasteiger partial charge < -0.3 is 10.1 Å². The van der Waals surface area contributed by atoms with Gasteiger partial charge in [0.1, 0.15) is 5.75 Å². The molecule has 0 aliphatic carbocycles. The number of hydrogen-bond acceptors (Lipinski definition) is 4. The van der Waals surface area contributed by atoms with Gasteiger partial charge in [-0.3, -0.25) is 9.59 Å².